The number of carbonyl (C=O) groups is 3. The minimum Gasteiger partial charge on any atom is -0.341 e. The first-order valence-corrected chi connectivity index (χ1v) is 9.65. The van der Waals surface area contributed by atoms with Gasteiger partial charge in [-0.25, -0.2) is 9.18 Å². The topological polar surface area (TPSA) is 83.4 Å². The monoisotopic (exact) mass is 384 g/mol. The van der Waals surface area contributed by atoms with Crippen LogP contribution in [-0.2, 0) is 22.7 Å². The molecule has 2 aromatic rings. The maximum atomic E-state index is 13.6. The van der Waals surface area contributed by atoms with Crippen LogP contribution in [0.5, 0.6) is 0 Å². The first-order chi connectivity index (χ1) is 13.5. The zero-order valence-corrected chi connectivity index (χ0v) is 15.3. The Morgan fingerprint density at radius 3 is 2.75 bits per heavy atom. The van der Waals surface area contributed by atoms with Gasteiger partial charge in [0.2, 0.25) is 5.91 Å². The molecule has 2 aliphatic heterocycles. The van der Waals surface area contributed by atoms with Crippen LogP contribution in [-0.4, -0.2) is 39.4 Å². The van der Waals surface area contributed by atoms with Crippen LogP contribution in [0.3, 0.4) is 0 Å². The van der Waals surface area contributed by atoms with Gasteiger partial charge in [0, 0.05) is 30.6 Å². The summed E-state index contributed by atoms with van der Waals surface area (Å²) in [5, 5.41) is 6.04. The van der Waals surface area contributed by atoms with Gasteiger partial charge < -0.3 is 14.8 Å². The van der Waals surface area contributed by atoms with Crippen LogP contribution in [0.15, 0.2) is 24.3 Å². The Bertz CT molecular complexity index is 1010. The van der Waals surface area contributed by atoms with Gasteiger partial charge in [0.05, 0.1) is 12.1 Å². The summed E-state index contributed by atoms with van der Waals surface area (Å²) in [6.45, 7) is 1.62. The molecule has 0 unspecified atom stereocenters. The van der Waals surface area contributed by atoms with Gasteiger partial charge in [-0.3, -0.25) is 14.9 Å². The van der Waals surface area contributed by atoms with Crippen LogP contribution in [0.4, 0.5) is 9.18 Å². The Labute approximate surface area is 160 Å². The minimum absolute atomic E-state index is 0.0309. The van der Waals surface area contributed by atoms with Gasteiger partial charge in [-0.15, -0.1) is 0 Å². The molecule has 1 aromatic heterocycles. The maximum absolute atomic E-state index is 13.6. The molecule has 4 amide bonds. The molecule has 3 aliphatic rings. The predicted molar refractivity (Wildman–Crippen MR) is 98.7 cm³/mol. The first kappa shape index (κ1) is 17.2. The van der Waals surface area contributed by atoms with Crippen LogP contribution in [0, 0.1) is 11.7 Å². The second kappa shape index (κ2) is 6.05. The van der Waals surface area contributed by atoms with E-state index in [-0.39, 0.29) is 30.0 Å². The summed E-state index contributed by atoms with van der Waals surface area (Å²) in [5.74, 6) is -0.495. The molecule has 1 saturated heterocycles. The van der Waals surface area contributed by atoms with Gasteiger partial charge in [0.25, 0.3) is 5.91 Å². The number of halogens is 1. The number of nitrogens with zero attached hydrogens (tertiary/aromatic N) is 2. The van der Waals surface area contributed by atoms with Crippen molar-refractivity contribution in [2.24, 2.45) is 5.92 Å². The average Bonchev–Trinajstić information content (AvgIpc) is 3.40. The Balaban J connectivity index is 1.30. The minimum atomic E-state index is -0.936. The van der Waals surface area contributed by atoms with E-state index in [0.717, 1.165) is 29.4 Å². The summed E-state index contributed by atoms with van der Waals surface area (Å²) in [6.07, 6.45) is 2.31. The number of nitrogens with one attached hydrogen (secondary N) is 2. The van der Waals surface area contributed by atoms with Crippen molar-refractivity contribution >= 4 is 28.7 Å². The molecule has 1 saturated carbocycles. The normalized spacial score (nSPS) is 24.2. The van der Waals surface area contributed by atoms with E-state index in [1.165, 1.54) is 12.1 Å². The van der Waals surface area contributed by atoms with Gasteiger partial charge in [-0.1, -0.05) is 0 Å². The number of benzene rings is 1. The van der Waals surface area contributed by atoms with Crippen molar-refractivity contribution < 1.29 is 18.8 Å². The maximum Gasteiger partial charge on any atom is 0.322 e. The zero-order chi connectivity index (χ0) is 19.5. The molecular weight excluding hydrogens is 363 g/mol. The van der Waals surface area contributed by atoms with E-state index in [1.54, 1.807) is 11.0 Å². The molecule has 8 heteroatoms. The fourth-order valence-electron chi connectivity index (χ4n) is 4.60. The van der Waals surface area contributed by atoms with Crippen LogP contribution >= 0.6 is 0 Å². The number of amides is 4. The molecule has 2 fully saturated rings. The van der Waals surface area contributed by atoms with Crippen LogP contribution in [0.25, 0.3) is 10.9 Å². The van der Waals surface area contributed by atoms with Crippen molar-refractivity contribution in [3.8, 4) is 0 Å². The highest BCUT2D eigenvalue weighted by Gasteiger charge is 2.55. The SMILES string of the molecule is O=C1NC(=O)[C@](CCC(=O)N2CCn3c(cc4ccc(F)cc43)C2)(C2CC2)N1. The van der Waals surface area contributed by atoms with Gasteiger partial charge >= 0.3 is 6.03 Å². The standard InChI is InChI=1S/C20H21FN4O3/c21-14-4-1-12-9-15-11-24(7-8-25(15)16(12)10-14)17(26)5-6-20(13-2-3-13)18(27)22-19(28)23-20/h1,4,9-10,13H,2-3,5-8,11H2,(H2,22,23,27,28)/t20-/m0/s1. The molecular formula is C20H21FN4O3. The molecule has 1 aliphatic carbocycles. The fraction of sp³-hybridized carbons (Fsp3) is 0.450. The lowest BCUT2D eigenvalue weighted by molar-refractivity contribution is -0.133. The van der Waals surface area contributed by atoms with Crippen molar-refractivity contribution in [2.45, 2.75) is 44.3 Å². The predicted octanol–water partition coefficient (Wildman–Crippen LogP) is 1.89. The van der Waals surface area contributed by atoms with Crippen molar-refractivity contribution in [1.82, 2.24) is 20.1 Å². The number of hydrogen-bond donors (Lipinski definition) is 2. The number of rotatable bonds is 4. The molecule has 5 rings (SSSR count). The fourth-order valence-corrected chi connectivity index (χ4v) is 4.60. The Hall–Kier alpha value is -2.90. The van der Waals surface area contributed by atoms with E-state index in [1.807, 2.05) is 6.07 Å². The largest absolute Gasteiger partial charge is 0.341 e. The highest BCUT2D eigenvalue weighted by Crippen LogP contribution is 2.43. The quantitative estimate of drug-likeness (QED) is 0.790. The smallest absolute Gasteiger partial charge is 0.322 e. The number of hydrogen-bond acceptors (Lipinski definition) is 3. The van der Waals surface area contributed by atoms with Gasteiger partial charge in [0.1, 0.15) is 11.4 Å². The lowest BCUT2D eigenvalue weighted by Crippen LogP contribution is -2.50. The molecule has 0 spiro atoms. The first-order valence-electron chi connectivity index (χ1n) is 9.65. The summed E-state index contributed by atoms with van der Waals surface area (Å²) in [4.78, 5) is 38.5. The number of imide groups is 1. The number of fused-ring (bicyclic) bond motifs is 3. The van der Waals surface area contributed by atoms with E-state index in [2.05, 4.69) is 15.2 Å². The molecule has 0 bridgehead atoms. The zero-order valence-electron chi connectivity index (χ0n) is 15.3. The lowest BCUT2D eigenvalue weighted by Gasteiger charge is -2.31. The lowest BCUT2D eigenvalue weighted by atomic mass is 9.87. The Kier molecular flexibility index (Phi) is 3.72. The average molecular weight is 384 g/mol. The third-order valence-corrected chi connectivity index (χ3v) is 6.23. The summed E-state index contributed by atoms with van der Waals surface area (Å²) in [7, 11) is 0. The van der Waals surface area contributed by atoms with Crippen LogP contribution in [0.1, 0.15) is 31.4 Å². The Morgan fingerprint density at radius 2 is 2.04 bits per heavy atom. The Morgan fingerprint density at radius 1 is 1.21 bits per heavy atom. The second-order valence-corrected chi connectivity index (χ2v) is 7.96. The van der Waals surface area contributed by atoms with Crippen LogP contribution < -0.4 is 10.6 Å². The number of urea groups is 1. The summed E-state index contributed by atoms with van der Waals surface area (Å²) in [5.41, 5.74) is 0.888. The molecule has 1 aromatic carbocycles. The summed E-state index contributed by atoms with van der Waals surface area (Å²) >= 11 is 0. The van der Waals surface area contributed by atoms with E-state index in [9.17, 15) is 18.8 Å². The molecule has 3 heterocycles. The third kappa shape index (κ3) is 2.66. The molecule has 28 heavy (non-hydrogen) atoms. The van der Waals surface area contributed by atoms with E-state index in [4.69, 9.17) is 0 Å². The van der Waals surface area contributed by atoms with E-state index < -0.39 is 11.6 Å². The summed E-state index contributed by atoms with van der Waals surface area (Å²) in [6, 6.07) is 6.24. The van der Waals surface area contributed by atoms with Crippen molar-refractivity contribution in [3.05, 3.63) is 35.8 Å². The summed E-state index contributed by atoms with van der Waals surface area (Å²) < 4.78 is 15.6. The highest BCUT2D eigenvalue weighted by molar-refractivity contribution is 6.07. The molecule has 146 valence electrons. The van der Waals surface area contributed by atoms with Gasteiger partial charge in [-0.05, 0) is 49.4 Å². The van der Waals surface area contributed by atoms with Crippen molar-refractivity contribution in [2.75, 3.05) is 6.54 Å². The molecule has 1 atom stereocenters. The molecule has 0 radical (unpaired) electrons. The molecule has 2 N–H and O–H groups in total. The van der Waals surface area contributed by atoms with Crippen molar-refractivity contribution in [1.29, 1.82) is 0 Å². The van der Waals surface area contributed by atoms with Crippen molar-refractivity contribution in [3.63, 3.8) is 0 Å². The van der Waals surface area contributed by atoms with Gasteiger partial charge in [-0.2, -0.15) is 0 Å². The molecule has 7 nitrogen and oxygen atoms in total. The second-order valence-electron chi connectivity index (χ2n) is 7.96. The third-order valence-electron chi connectivity index (χ3n) is 6.23. The van der Waals surface area contributed by atoms with Gasteiger partial charge in [0.15, 0.2) is 0 Å². The van der Waals surface area contributed by atoms with Crippen LogP contribution in [0.2, 0.25) is 0 Å². The highest BCUT2D eigenvalue weighted by atomic mass is 19.1. The van der Waals surface area contributed by atoms with E-state index >= 15 is 0 Å². The number of aromatic nitrogens is 1. The van der Waals surface area contributed by atoms with E-state index in [0.29, 0.717) is 26.1 Å². The number of carbonyl (C=O) groups excluding carboxylic acids is 3.